The summed E-state index contributed by atoms with van der Waals surface area (Å²) in [6.45, 7) is 2.86. The van der Waals surface area contributed by atoms with Gasteiger partial charge in [-0.3, -0.25) is 4.79 Å². The Kier molecular flexibility index (Phi) is 5.93. The SMILES string of the molecule is CCn1cnc(Cl)c1-c1coc(C(=O)N[C@H](CN)Cc2cccc(F)c2)c1. The highest BCUT2D eigenvalue weighted by atomic mass is 35.5. The lowest BCUT2D eigenvalue weighted by atomic mass is 10.1. The second kappa shape index (κ2) is 8.37. The molecule has 3 aromatic rings. The number of hydrogen-bond acceptors (Lipinski definition) is 4. The molecule has 142 valence electrons. The molecule has 0 bridgehead atoms. The minimum Gasteiger partial charge on any atom is -0.458 e. The number of benzene rings is 1. The molecular weight excluding hydrogens is 371 g/mol. The summed E-state index contributed by atoms with van der Waals surface area (Å²) >= 11 is 6.14. The first-order valence-electron chi connectivity index (χ1n) is 8.56. The van der Waals surface area contributed by atoms with Crippen LogP contribution in [-0.2, 0) is 13.0 Å². The number of nitrogens with zero attached hydrogens (tertiary/aromatic N) is 2. The van der Waals surface area contributed by atoms with Crippen molar-refractivity contribution in [3.63, 3.8) is 0 Å². The molecule has 0 radical (unpaired) electrons. The van der Waals surface area contributed by atoms with Gasteiger partial charge in [0.2, 0.25) is 0 Å². The summed E-state index contributed by atoms with van der Waals surface area (Å²) < 4.78 is 20.6. The summed E-state index contributed by atoms with van der Waals surface area (Å²) in [5, 5.41) is 3.16. The lowest BCUT2D eigenvalue weighted by Gasteiger charge is -2.16. The van der Waals surface area contributed by atoms with Crippen molar-refractivity contribution in [3.8, 4) is 11.3 Å². The van der Waals surface area contributed by atoms with Crippen molar-refractivity contribution in [2.24, 2.45) is 5.73 Å². The summed E-state index contributed by atoms with van der Waals surface area (Å²) in [6.07, 6.45) is 3.52. The molecule has 27 heavy (non-hydrogen) atoms. The number of furan rings is 1. The third-order valence-electron chi connectivity index (χ3n) is 4.22. The summed E-state index contributed by atoms with van der Waals surface area (Å²) in [4.78, 5) is 16.6. The van der Waals surface area contributed by atoms with Gasteiger partial charge in [0, 0.05) is 24.7 Å². The molecule has 2 heterocycles. The van der Waals surface area contributed by atoms with Crippen LogP contribution in [0.2, 0.25) is 5.15 Å². The minimum atomic E-state index is -0.396. The Hall–Kier alpha value is -2.64. The second-order valence-corrected chi connectivity index (χ2v) is 6.47. The summed E-state index contributed by atoms with van der Waals surface area (Å²) in [5.41, 5.74) is 7.87. The number of hydrogen-bond donors (Lipinski definition) is 2. The molecule has 0 aliphatic carbocycles. The molecule has 0 spiro atoms. The second-order valence-electron chi connectivity index (χ2n) is 6.11. The number of aryl methyl sites for hydroxylation is 1. The Bertz CT molecular complexity index is 937. The maximum absolute atomic E-state index is 13.3. The zero-order valence-corrected chi connectivity index (χ0v) is 15.5. The van der Waals surface area contributed by atoms with E-state index in [1.165, 1.54) is 18.4 Å². The zero-order valence-electron chi connectivity index (χ0n) is 14.8. The fourth-order valence-electron chi connectivity index (χ4n) is 2.86. The largest absolute Gasteiger partial charge is 0.458 e. The van der Waals surface area contributed by atoms with Gasteiger partial charge in [-0.05, 0) is 37.1 Å². The van der Waals surface area contributed by atoms with E-state index in [1.54, 1.807) is 24.5 Å². The van der Waals surface area contributed by atoms with E-state index in [9.17, 15) is 9.18 Å². The van der Waals surface area contributed by atoms with E-state index in [1.807, 2.05) is 11.5 Å². The Labute approximate surface area is 161 Å². The number of nitrogens with one attached hydrogen (secondary N) is 1. The van der Waals surface area contributed by atoms with Gasteiger partial charge >= 0.3 is 0 Å². The van der Waals surface area contributed by atoms with Gasteiger partial charge in [-0.15, -0.1) is 0 Å². The minimum absolute atomic E-state index is 0.141. The van der Waals surface area contributed by atoms with Gasteiger partial charge in [0.15, 0.2) is 10.9 Å². The van der Waals surface area contributed by atoms with E-state index >= 15 is 0 Å². The molecule has 3 rings (SSSR count). The van der Waals surface area contributed by atoms with E-state index in [0.29, 0.717) is 29.4 Å². The van der Waals surface area contributed by atoms with Gasteiger partial charge in [-0.25, -0.2) is 9.37 Å². The van der Waals surface area contributed by atoms with E-state index in [4.69, 9.17) is 21.8 Å². The van der Waals surface area contributed by atoms with Crippen molar-refractivity contribution in [1.82, 2.24) is 14.9 Å². The van der Waals surface area contributed by atoms with Crippen LogP contribution >= 0.6 is 11.6 Å². The van der Waals surface area contributed by atoms with Crippen LogP contribution in [0.15, 0.2) is 47.3 Å². The third-order valence-corrected chi connectivity index (χ3v) is 4.50. The Morgan fingerprint density at radius 3 is 2.96 bits per heavy atom. The molecule has 8 heteroatoms. The van der Waals surface area contributed by atoms with Gasteiger partial charge in [0.25, 0.3) is 5.91 Å². The Balaban J connectivity index is 1.72. The number of carbonyl (C=O) groups excluding carboxylic acids is 1. The quantitative estimate of drug-likeness (QED) is 0.648. The summed E-state index contributed by atoms with van der Waals surface area (Å²) in [7, 11) is 0. The molecule has 1 amide bonds. The van der Waals surface area contributed by atoms with Crippen LogP contribution in [0.4, 0.5) is 4.39 Å². The number of imidazole rings is 1. The summed E-state index contributed by atoms with van der Waals surface area (Å²) in [5.74, 6) is -0.580. The van der Waals surface area contributed by atoms with Crippen molar-refractivity contribution >= 4 is 17.5 Å². The monoisotopic (exact) mass is 390 g/mol. The van der Waals surface area contributed by atoms with Gasteiger partial charge in [-0.2, -0.15) is 0 Å². The highest BCUT2D eigenvalue weighted by Gasteiger charge is 2.19. The number of aromatic nitrogens is 2. The molecule has 0 aliphatic heterocycles. The van der Waals surface area contributed by atoms with Crippen molar-refractivity contribution in [2.75, 3.05) is 6.54 Å². The average molecular weight is 391 g/mol. The number of amides is 1. The van der Waals surface area contributed by atoms with Crippen LogP contribution in [0, 0.1) is 5.82 Å². The van der Waals surface area contributed by atoms with Crippen LogP contribution in [0.3, 0.4) is 0 Å². The van der Waals surface area contributed by atoms with Crippen molar-refractivity contribution in [1.29, 1.82) is 0 Å². The maximum atomic E-state index is 13.3. The van der Waals surface area contributed by atoms with Crippen molar-refractivity contribution in [2.45, 2.75) is 25.9 Å². The molecule has 1 atom stereocenters. The average Bonchev–Trinajstić information content (AvgIpc) is 3.27. The van der Waals surface area contributed by atoms with Crippen LogP contribution in [0.5, 0.6) is 0 Å². The maximum Gasteiger partial charge on any atom is 0.287 e. The van der Waals surface area contributed by atoms with Crippen LogP contribution < -0.4 is 11.1 Å². The van der Waals surface area contributed by atoms with Crippen molar-refractivity contribution < 1.29 is 13.6 Å². The topological polar surface area (TPSA) is 86.1 Å². The molecule has 0 saturated heterocycles. The first-order valence-corrected chi connectivity index (χ1v) is 8.94. The van der Waals surface area contributed by atoms with Crippen LogP contribution in [0.25, 0.3) is 11.3 Å². The van der Waals surface area contributed by atoms with E-state index in [0.717, 1.165) is 5.56 Å². The molecule has 3 N–H and O–H groups in total. The first kappa shape index (κ1) is 19.1. The highest BCUT2D eigenvalue weighted by Crippen LogP contribution is 2.28. The number of halogens is 2. The predicted molar refractivity (Wildman–Crippen MR) is 101 cm³/mol. The van der Waals surface area contributed by atoms with Crippen LogP contribution in [-0.4, -0.2) is 28.0 Å². The van der Waals surface area contributed by atoms with Crippen LogP contribution in [0.1, 0.15) is 23.0 Å². The molecule has 1 aromatic carbocycles. The molecule has 0 aliphatic rings. The highest BCUT2D eigenvalue weighted by molar-refractivity contribution is 6.31. The molecule has 0 saturated carbocycles. The zero-order chi connectivity index (χ0) is 19.4. The number of rotatable bonds is 7. The lowest BCUT2D eigenvalue weighted by Crippen LogP contribution is -2.41. The number of nitrogens with two attached hydrogens (primary N) is 1. The first-order chi connectivity index (χ1) is 13.0. The third kappa shape index (κ3) is 4.37. The Morgan fingerprint density at radius 1 is 1.44 bits per heavy atom. The Morgan fingerprint density at radius 2 is 2.26 bits per heavy atom. The van der Waals surface area contributed by atoms with E-state index in [2.05, 4.69) is 10.3 Å². The molecule has 0 unspecified atom stereocenters. The molecule has 0 fully saturated rings. The van der Waals surface area contributed by atoms with Gasteiger partial charge in [0.05, 0.1) is 12.0 Å². The molecular formula is C19H20ClFN4O2. The molecule has 6 nitrogen and oxygen atoms in total. The molecule has 2 aromatic heterocycles. The van der Waals surface area contributed by atoms with E-state index in [-0.39, 0.29) is 24.2 Å². The smallest absolute Gasteiger partial charge is 0.287 e. The fourth-order valence-corrected chi connectivity index (χ4v) is 3.12. The lowest BCUT2D eigenvalue weighted by molar-refractivity contribution is 0.0910. The van der Waals surface area contributed by atoms with E-state index < -0.39 is 5.91 Å². The standard InChI is InChI=1S/C19H20ClFN4O2/c1-2-25-11-23-18(20)17(25)13-8-16(27-10-13)19(26)24-15(9-22)7-12-4-3-5-14(21)6-12/h3-6,8,10-11,15H,2,7,9,22H2,1H3,(H,24,26)/t15-/m0/s1. The fraction of sp³-hybridized carbons (Fsp3) is 0.263. The van der Waals surface area contributed by atoms with Crippen molar-refractivity contribution in [3.05, 3.63) is 65.2 Å². The normalized spacial score (nSPS) is 12.1. The van der Waals surface area contributed by atoms with Gasteiger partial charge < -0.3 is 20.0 Å². The van der Waals surface area contributed by atoms with Gasteiger partial charge in [-0.1, -0.05) is 23.7 Å². The van der Waals surface area contributed by atoms with Gasteiger partial charge in [0.1, 0.15) is 12.1 Å². The predicted octanol–water partition coefficient (Wildman–Crippen LogP) is 3.26. The number of carbonyl (C=O) groups is 1. The summed E-state index contributed by atoms with van der Waals surface area (Å²) in [6, 6.07) is 7.47.